The van der Waals surface area contributed by atoms with Gasteiger partial charge in [0.2, 0.25) is 0 Å². The Morgan fingerprint density at radius 3 is 2.80 bits per heavy atom. The minimum Gasteiger partial charge on any atom is -0.497 e. The Kier molecular flexibility index (Phi) is 3.87. The molecular weight excluding hydrogens is 330 g/mol. The third-order valence-corrected chi connectivity index (χ3v) is 5.39. The molecule has 1 aromatic heterocycles. The van der Waals surface area contributed by atoms with Gasteiger partial charge in [0.1, 0.15) is 5.75 Å². The maximum absolute atomic E-state index is 14.7. The smallest absolute Gasteiger partial charge is 0.330 e. The summed E-state index contributed by atoms with van der Waals surface area (Å²) in [6, 6.07) is 1.72. The maximum atomic E-state index is 14.7. The molecule has 0 spiro atoms. The second-order valence-corrected chi connectivity index (χ2v) is 6.81. The van der Waals surface area contributed by atoms with Crippen LogP contribution in [0.1, 0.15) is 23.3 Å². The second kappa shape index (κ2) is 5.94. The van der Waals surface area contributed by atoms with Gasteiger partial charge in [-0.15, -0.1) is 0 Å². The molecule has 0 aliphatic carbocycles. The fourth-order valence-corrected chi connectivity index (χ4v) is 3.98. The molecule has 25 heavy (non-hydrogen) atoms. The molecule has 134 valence electrons. The van der Waals surface area contributed by atoms with Gasteiger partial charge in [-0.2, -0.15) is 13.9 Å². The van der Waals surface area contributed by atoms with E-state index in [2.05, 4.69) is 10.2 Å². The summed E-state index contributed by atoms with van der Waals surface area (Å²) in [5, 5.41) is 9.01. The van der Waals surface area contributed by atoms with Crippen LogP contribution < -0.4 is 10.1 Å². The fraction of sp³-hybridized carbons (Fsp3) is 0.529. The van der Waals surface area contributed by atoms with Crippen LogP contribution in [0.5, 0.6) is 5.75 Å². The summed E-state index contributed by atoms with van der Waals surface area (Å²) in [7, 11) is 1.53. The van der Waals surface area contributed by atoms with Crippen LogP contribution in [-0.4, -0.2) is 53.8 Å². The van der Waals surface area contributed by atoms with Gasteiger partial charge in [0.15, 0.2) is 5.69 Å². The number of H-pyrrole nitrogens is 1. The molecule has 0 unspecified atom stereocenters. The van der Waals surface area contributed by atoms with Crippen LogP contribution in [0.2, 0.25) is 0 Å². The predicted molar refractivity (Wildman–Crippen MR) is 87.7 cm³/mol. The molecule has 1 aromatic carbocycles. The van der Waals surface area contributed by atoms with Crippen molar-refractivity contribution in [3.05, 3.63) is 23.9 Å². The van der Waals surface area contributed by atoms with Crippen molar-refractivity contribution in [2.45, 2.75) is 18.9 Å². The molecule has 3 fully saturated rings. The van der Waals surface area contributed by atoms with E-state index in [-0.39, 0.29) is 11.6 Å². The number of alkyl halides is 2. The summed E-state index contributed by atoms with van der Waals surface area (Å²) in [5.74, 6) is -1.15. The van der Waals surface area contributed by atoms with Crippen molar-refractivity contribution in [2.24, 2.45) is 11.8 Å². The molecule has 1 atom stereocenters. The number of carbonyl (C=O) groups is 1. The molecule has 8 heteroatoms. The molecule has 3 aliphatic heterocycles. The highest BCUT2D eigenvalue weighted by molar-refractivity contribution is 6.05. The SMILES string of the molecule is COc1ccc2c(C(=O)NC(F)(F)[C@@H]3CN4CCC3CC4)n[nH]c2c1. The van der Waals surface area contributed by atoms with Gasteiger partial charge in [-0.3, -0.25) is 15.2 Å². The van der Waals surface area contributed by atoms with Crippen molar-refractivity contribution < 1.29 is 18.3 Å². The fourth-order valence-electron chi connectivity index (χ4n) is 3.98. The summed E-state index contributed by atoms with van der Waals surface area (Å²) in [6.45, 7) is 2.07. The predicted octanol–water partition coefficient (Wildman–Crippen LogP) is 2.24. The Hall–Kier alpha value is -2.22. The van der Waals surface area contributed by atoms with E-state index < -0.39 is 17.9 Å². The Morgan fingerprint density at radius 2 is 2.16 bits per heavy atom. The van der Waals surface area contributed by atoms with Gasteiger partial charge in [-0.25, -0.2) is 0 Å². The van der Waals surface area contributed by atoms with Gasteiger partial charge in [0.25, 0.3) is 5.91 Å². The van der Waals surface area contributed by atoms with E-state index in [0.717, 1.165) is 25.9 Å². The van der Waals surface area contributed by atoms with Gasteiger partial charge < -0.3 is 9.64 Å². The number of fused-ring (bicyclic) bond motifs is 4. The minimum absolute atomic E-state index is 0.0291. The van der Waals surface area contributed by atoms with E-state index in [0.29, 0.717) is 23.2 Å². The number of amides is 1. The molecule has 2 aromatic rings. The zero-order valence-electron chi connectivity index (χ0n) is 13.9. The average molecular weight is 350 g/mol. The number of methoxy groups -OCH3 is 1. The number of nitrogens with zero attached hydrogens (tertiary/aromatic N) is 2. The van der Waals surface area contributed by atoms with Crippen LogP contribution >= 0.6 is 0 Å². The highest BCUT2D eigenvalue weighted by atomic mass is 19.3. The number of benzene rings is 1. The van der Waals surface area contributed by atoms with E-state index in [1.54, 1.807) is 18.2 Å². The van der Waals surface area contributed by atoms with Crippen LogP contribution in [0, 0.1) is 11.8 Å². The van der Waals surface area contributed by atoms with E-state index in [4.69, 9.17) is 4.74 Å². The van der Waals surface area contributed by atoms with Crippen molar-refractivity contribution in [3.8, 4) is 5.75 Å². The molecule has 5 rings (SSSR count). The summed E-state index contributed by atoms with van der Waals surface area (Å²) in [6.07, 6.45) is 1.53. The Labute approximate surface area is 143 Å². The minimum atomic E-state index is -3.25. The molecule has 3 aliphatic rings. The Morgan fingerprint density at radius 1 is 1.40 bits per heavy atom. The molecule has 3 saturated heterocycles. The van der Waals surface area contributed by atoms with Gasteiger partial charge >= 0.3 is 6.05 Å². The van der Waals surface area contributed by atoms with Gasteiger partial charge in [-0.1, -0.05) is 0 Å². The summed E-state index contributed by atoms with van der Waals surface area (Å²) >= 11 is 0. The Balaban J connectivity index is 1.55. The summed E-state index contributed by atoms with van der Waals surface area (Å²) in [5.41, 5.74) is 0.536. The van der Waals surface area contributed by atoms with Crippen LogP contribution in [0.4, 0.5) is 8.78 Å². The van der Waals surface area contributed by atoms with Crippen LogP contribution in [0.3, 0.4) is 0 Å². The van der Waals surface area contributed by atoms with Gasteiger partial charge in [0, 0.05) is 18.0 Å². The van der Waals surface area contributed by atoms with Crippen molar-refractivity contribution in [1.82, 2.24) is 20.4 Å². The first-order valence-electron chi connectivity index (χ1n) is 8.43. The molecule has 6 nitrogen and oxygen atoms in total. The van der Waals surface area contributed by atoms with E-state index in [9.17, 15) is 13.6 Å². The topological polar surface area (TPSA) is 70.2 Å². The summed E-state index contributed by atoms with van der Waals surface area (Å²) < 4.78 is 34.5. The van der Waals surface area contributed by atoms with Crippen LogP contribution in [0.15, 0.2) is 18.2 Å². The zero-order valence-corrected chi connectivity index (χ0v) is 13.9. The highest BCUT2D eigenvalue weighted by Crippen LogP contribution is 2.40. The van der Waals surface area contributed by atoms with E-state index >= 15 is 0 Å². The Bertz CT molecular complexity index is 799. The number of aromatic nitrogens is 2. The second-order valence-electron chi connectivity index (χ2n) is 6.81. The molecule has 4 heterocycles. The third kappa shape index (κ3) is 2.84. The molecule has 2 bridgehead atoms. The monoisotopic (exact) mass is 350 g/mol. The maximum Gasteiger partial charge on any atom is 0.330 e. The number of piperidine rings is 3. The van der Waals surface area contributed by atoms with Crippen LogP contribution in [0.25, 0.3) is 10.9 Å². The lowest BCUT2D eigenvalue weighted by molar-refractivity contribution is -0.138. The number of ether oxygens (including phenoxy) is 1. The quantitative estimate of drug-likeness (QED) is 0.830. The number of halogens is 2. The van der Waals surface area contributed by atoms with Crippen molar-refractivity contribution >= 4 is 16.8 Å². The average Bonchev–Trinajstić information content (AvgIpc) is 3.05. The first-order chi connectivity index (χ1) is 12.0. The number of hydrogen-bond acceptors (Lipinski definition) is 4. The molecule has 0 radical (unpaired) electrons. The standard InChI is InChI=1S/C17H20F2N4O2/c1-25-11-2-3-12-14(8-11)21-22-15(12)16(24)20-17(18,19)13-9-23-6-4-10(13)5-7-23/h2-3,8,10,13H,4-7,9H2,1H3,(H,20,24)(H,21,22)/t13-/m1/s1. The largest absolute Gasteiger partial charge is 0.497 e. The van der Waals surface area contributed by atoms with Crippen LogP contribution in [-0.2, 0) is 0 Å². The lowest BCUT2D eigenvalue weighted by Crippen LogP contribution is -2.59. The first kappa shape index (κ1) is 16.3. The number of nitrogens with one attached hydrogen (secondary N) is 2. The molecule has 1 amide bonds. The lowest BCUT2D eigenvalue weighted by Gasteiger charge is -2.47. The van der Waals surface area contributed by atoms with Crippen molar-refractivity contribution in [2.75, 3.05) is 26.7 Å². The number of rotatable bonds is 4. The first-order valence-corrected chi connectivity index (χ1v) is 8.43. The summed E-state index contributed by atoms with van der Waals surface area (Å²) in [4.78, 5) is 14.5. The van der Waals surface area contributed by atoms with E-state index in [1.165, 1.54) is 7.11 Å². The van der Waals surface area contributed by atoms with Gasteiger partial charge in [-0.05, 0) is 44.0 Å². The lowest BCUT2D eigenvalue weighted by atomic mass is 9.77. The van der Waals surface area contributed by atoms with Gasteiger partial charge in [0.05, 0.1) is 18.5 Å². The van der Waals surface area contributed by atoms with E-state index in [1.807, 2.05) is 10.2 Å². The molecule has 0 saturated carbocycles. The third-order valence-electron chi connectivity index (χ3n) is 5.39. The van der Waals surface area contributed by atoms with Crippen molar-refractivity contribution in [1.29, 1.82) is 0 Å². The normalized spacial score (nSPS) is 26.0. The number of hydrogen-bond donors (Lipinski definition) is 2. The molecule has 2 N–H and O–H groups in total. The number of carbonyl (C=O) groups excluding carboxylic acids is 1. The highest BCUT2D eigenvalue weighted by Gasteiger charge is 2.50. The zero-order chi connectivity index (χ0) is 17.6. The number of aromatic amines is 1. The molecular formula is C17H20F2N4O2. The van der Waals surface area contributed by atoms with Crippen molar-refractivity contribution in [3.63, 3.8) is 0 Å².